The zero-order valence-electron chi connectivity index (χ0n) is 11.1. The summed E-state index contributed by atoms with van der Waals surface area (Å²) in [6.07, 6.45) is 0. The highest BCUT2D eigenvalue weighted by atomic mass is 19.1. The molecule has 0 saturated carbocycles. The Morgan fingerprint density at radius 2 is 2.00 bits per heavy atom. The van der Waals surface area contributed by atoms with E-state index in [4.69, 9.17) is 10.5 Å². The molecule has 2 rings (SSSR count). The molecule has 2 N–H and O–H groups in total. The second-order valence-electron chi connectivity index (χ2n) is 4.41. The first-order chi connectivity index (χ1) is 9.10. The number of rotatable bonds is 4. The van der Waals surface area contributed by atoms with Crippen LogP contribution in [0.2, 0.25) is 0 Å². The van der Waals surface area contributed by atoms with Crippen molar-refractivity contribution in [2.24, 2.45) is 0 Å². The third kappa shape index (κ3) is 3.16. The van der Waals surface area contributed by atoms with Gasteiger partial charge in [-0.1, -0.05) is 12.1 Å². The van der Waals surface area contributed by atoms with E-state index in [2.05, 4.69) is 0 Å². The van der Waals surface area contributed by atoms with Crippen LogP contribution >= 0.6 is 0 Å². The largest absolute Gasteiger partial charge is 0.495 e. The fourth-order valence-electron chi connectivity index (χ4n) is 1.96. The second-order valence-corrected chi connectivity index (χ2v) is 4.41. The number of nitrogen functional groups attached to an aromatic ring is 1. The molecule has 4 heteroatoms. The van der Waals surface area contributed by atoms with Crippen LogP contribution in [0.5, 0.6) is 5.75 Å². The van der Waals surface area contributed by atoms with E-state index >= 15 is 0 Å². The first kappa shape index (κ1) is 13.2. The Hall–Kier alpha value is -2.23. The van der Waals surface area contributed by atoms with Crippen molar-refractivity contribution >= 4 is 11.4 Å². The van der Waals surface area contributed by atoms with E-state index in [1.54, 1.807) is 13.2 Å². The van der Waals surface area contributed by atoms with Crippen LogP contribution in [0, 0.1) is 5.82 Å². The van der Waals surface area contributed by atoms with Gasteiger partial charge in [-0.05, 0) is 35.9 Å². The quantitative estimate of drug-likeness (QED) is 0.859. The van der Waals surface area contributed by atoms with E-state index in [9.17, 15) is 4.39 Å². The number of nitrogens with two attached hydrogens (primary N) is 1. The van der Waals surface area contributed by atoms with Crippen LogP contribution in [0.25, 0.3) is 0 Å². The van der Waals surface area contributed by atoms with Gasteiger partial charge < -0.3 is 15.4 Å². The molecule has 0 heterocycles. The summed E-state index contributed by atoms with van der Waals surface area (Å²) >= 11 is 0. The van der Waals surface area contributed by atoms with Crippen molar-refractivity contribution in [1.29, 1.82) is 0 Å². The average Bonchev–Trinajstić information content (AvgIpc) is 2.39. The normalized spacial score (nSPS) is 10.3. The standard InChI is InChI=1S/C15H17FN2O/c1-18(13-5-3-4-12(16)9-13)10-11-6-7-15(19-2)14(17)8-11/h3-9H,10,17H2,1-2H3. The van der Waals surface area contributed by atoms with Crippen LogP contribution in [0.15, 0.2) is 42.5 Å². The van der Waals surface area contributed by atoms with Gasteiger partial charge in [0.15, 0.2) is 0 Å². The molecule has 0 aliphatic rings. The smallest absolute Gasteiger partial charge is 0.141 e. The van der Waals surface area contributed by atoms with Gasteiger partial charge in [-0.15, -0.1) is 0 Å². The molecule has 100 valence electrons. The predicted octanol–water partition coefficient (Wildman–Crippen LogP) is 3.05. The zero-order valence-corrected chi connectivity index (χ0v) is 11.1. The third-order valence-corrected chi connectivity index (χ3v) is 2.96. The Morgan fingerprint density at radius 3 is 2.63 bits per heavy atom. The van der Waals surface area contributed by atoms with Crippen molar-refractivity contribution in [3.05, 3.63) is 53.8 Å². The zero-order chi connectivity index (χ0) is 13.8. The van der Waals surface area contributed by atoms with Crippen LogP contribution < -0.4 is 15.4 Å². The molecule has 0 fully saturated rings. The summed E-state index contributed by atoms with van der Waals surface area (Å²) < 4.78 is 18.3. The molecule has 2 aromatic carbocycles. The van der Waals surface area contributed by atoms with Crippen LogP contribution in [0.4, 0.5) is 15.8 Å². The summed E-state index contributed by atoms with van der Waals surface area (Å²) in [5, 5.41) is 0. The molecule has 3 nitrogen and oxygen atoms in total. The van der Waals surface area contributed by atoms with E-state index in [0.717, 1.165) is 11.3 Å². The molecule has 0 aliphatic heterocycles. The monoisotopic (exact) mass is 260 g/mol. The Morgan fingerprint density at radius 1 is 1.21 bits per heavy atom. The van der Waals surface area contributed by atoms with Gasteiger partial charge in [0.05, 0.1) is 12.8 Å². The van der Waals surface area contributed by atoms with Crippen molar-refractivity contribution in [1.82, 2.24) is 0 Å². The topological polar surface area (TPSA) is 38.5 Å². The van der Waals surface area contributed by atoms with Gasteiger partial charge in [-0.3, -0.25) is 0 Å². The fourth-order valence-corrected chi connectivity index (χ4v) is 1.96. The van der Waals surface area contributed by atoms with Crippen molar-refractivity contribution < 1.29 is 9.13 Å². The molecule has 0 saturated heterocycles. The van der Waals surface area contributed by atoms with E-state index < -0.39 is 0 Å². The molecule has 0 amide bonds. The number of hydrogen-bond donors (Lipinski definition) is 1. The maximum atomic E-state index is 13.2. The van der Waals surface area contributed by atoms with Gasteiger partial charge in [-0.2, -0.15) is 0 Å². The summed E-state index contributed by atoms with van der Waals surface area (Å²) in [6.45, 7) is 0.650. The SMILES string of the molecule is COc1ccc(CN(C)c2cccc(F)c2)cc1N. The van der Waals surface area contributed by atoms with E-state index in [-0.39, 0.29) is 5.82 Å². The lowest BCUT2D eigenvalue weighted by molar-refractivity contribution is 0.417. The predicted molar refractivity (Wildman–Crippen MR) is 75.9 cm³/mol. The first-order valence-corrected chi connectivity index (χ1v) is 5.99. The molecule has 0 bridgehead atoms. The van der Waals surface area contributed by atoms with E-state index in [0.29, 0.717) is 18.0 Å². The summed E-state index contributed by atoms with van der Waals surface area (Å²) in [4.78, 5) is 1.96. The minimum atomic E-state index is -0.237. The Kier molecular flexibility index (Phi) is 3.90. The number of benzene rings is 2. The molecule has 0 unspecified atom stereocenters. The third-order valence-electron chi connectivity index (χ3n) is 2.96. The molecule has 0 aliphatic carbocycles. The molecule has 0 atom stereocenters. The lowest BCUT2D eigenvalue weighted by Gasteiger charge is -2.20. The second kappa shape index (κ2) is 5.61. The number of anilines is 2. The van der Waals surface area contributed by atoms with Gasteiger partial charge in [0, 0.05) is 19.3 Å². The maximum absolute atomic E-state index is 13.2. The number of nitrogens with zero attached hydrogens (tertiary/aromatic N) is 1. The molecule has 0 aromatic heterocycles. The van der Waals surface area contributed by atoms with Gasteiger partial charge in [-0.25, -0.2) is 4.39 Å². The van der Waals surface area contributed by atoms with Crippen molar-refractivity contribution in [2.45, 2.75) is 6.54 Å². The Bertz CT molecular complexity index is 572. The van der Waals surface area contributed by atoms with Crippen molar-refractivity contribution in [3.63, 3.8) is 0 Å². The number of halogens is 1. The molecular formula is C15H17FN2O. The van der Waals surface area contributed by atoms with Crippen LogP contribution in [0.3, 0.4) is 0 Å². The lowest BCUT2D eigenvalue weighted by atomic mass is 10.1. The number of hydrogen-bond acceptors (Lipinski definition) is 3. The number of ether oxygens (including phenoxy) is 1. The number of methoxy groups -OCH3 is 1. The minimum Gasteiger partial charge on any atom is -0.495 e. The van der Waals surface area contributed by atoms with Gasteiger partial charge in [0.25, 0.3) is 0 Å². The average molecular weight is 260 g/mol. The summed E-state index contributed by atoms with van der Waals surface area (Å²) in [5.74, 6) is 0.427. The van der Waals surface area contributed by atoms with E-state index in [1.807, 2.05) is 36.2 Å². The summed E-state index contributed by atoms with van der Waals surface area (Å²) in [6, 6.07) is 12.2. The highest BCUT2D eigenvalue weighted by molar-refractivity contribution is 5.55. The van der Waals surface area contributed by atoms with Crippen LogP contribution in [0.1, 0.15) is 5.56 Å². The van der Waals surface area contributed by atoms with Crippen molar-refractivity contribution in [2.75, 3.05) is 24.8 Å². The van der Waals surface area contributed by atoms with E-state index in [1.165, 1.54) is 12.1 Å². The van der Waals surface area contributed by atoms with Crippen LogP contribution in [-0.2, 0) is 6.54 Å². The first-order valence-electron chi connectivity index (χ1n) is 5.99. The minimum absolute atomic E-state index is 0.237. The summed E-state index contributed by atoms with van der Waals surface area (Å²) in [7, 11) is 3.50. The lowest BCUT2D eigenvalue weighted by Crippen LogP contribution is -2.16. The Balaban J connectivity index is 2.14. The fraction of sp³-hybridized carbons (Fsp3) is 0.200. The molecule has 19 heavy (non-hydrogen) atoms. The molecule has 0 spiro atoms. The maximum Gasteiger partial charge on any atom is 0.141 e. The van der Waals surface area contributed by atoms with Gasteiger partial charge in [0.1, 0.15) is 11.6 Å². The molecular weight excluding hydrogens is 243 g/mol. The van der Waals surface area contributed by atoms with Gasteiger partial charge >= 0.3 is 0 Å². The molecule has 0 radical (unpaired) electrons. The Labute approximate surface area is 112 Å². The summed E-state index contributed by atoms with van der Waals surface area (Å²) in [5.41, 5.74) is 8.35. The highest BCUT2D eigenvalue weighted by Crippen LogP contribution is 2.23. The van der Waals surface area contributed by atoms with Gasteiger partial charge in [0.2, 0.25) is 0 Å². The highest BCUT2D eigenvalue weighted by Gasteiger charge is 2.05. The van der Waals surface area contributed by atoms with Crippen molar-refractivity contribution in [3.8, 4) is 5.75 Å². The molecule has 2 aromatic rings. The van der Waals surface area contributed by atoms with Crippen LogP contribution in [-0.4, -0.2) is 14.2 Å².